The van der Waals surface area contributed by atoms with Crippen LogP contribution in [0.5, 0.6) is 11.8 Å². The van der Waals surface area contributed by atoms with Crippen LogP contribution in [0.4, 0.5) is 11.5 Å². The van der Waals surface area contributed by atoms with Crippen molar-refractivity contribution in [2.24, 2.45) is 0 Å². The third kappa shape index (κ3) is 2.92. The van der Waals surface area contributed by atoms with E-state index in [1.165, 1.54) is 20.3 Å². The Kier molecular flexibility index (Phi) is 4.53. The molecule has 0 aliphatic carbocycles. The van der Waals surface area contributed by atoms with E-state index in [4.69, 9.17) is 15.2 Å². The molecule has 0 saturated heterocycles. The van der Waals surface area contributed by atoms with Gasteiger partial charge in [0.05, 0.1) is 36.6 Å². The number of nitrogens with zero attached hydrogens (tertiary/aromatic N) is 4. The second-order valence-corrected chi connectivity index (χ2v) is 5.43. The van der Waals surface area contributed by atoms with Crippen LogP contribution < -0.4 is 25.9 Å². The number of nitrogens with two attached hydrogens (primary N) is 1. The predicted octanol–water partition coefficient (Wildman–Crippen LogP) is -0.348. The van der Waals surface area contributed by atoms with Crippen molar-refractivity contribution in [3.63, 3.8) is 0 Å². The number of ether oxygens (including phenoxy) is 2. The summed E-state index contributed by atoms with van der Waals surface area (Å²) in [5.74, 6) is -2.50. The number of carboxylic acids is 1. The van der Waals surface area contributed by atoms with Crippen molar-refractivity contribution >= 4 is 28.2 Å². The Hall–Kier alpha value is -4.22. The Morgan fingerprint density at radius 3 is 2.25 bits per heavy atom. The summed E-state index contributed by atoms with van der Waals surface area (Å²) in [7, 11) is 2.63. The molecule has 2 aromatic heterocycles. The summed E-state index contributed by atoms with van der Waals surface area (Å²) in [5, 5.41) is 22.3. The zero-order valence-electron chi connectivity index (χ0n) is 14.5. The zero-order valence-corrected chi connectivity index (χ0v) is 14.5. The maximum atomic E-state index is 13.0. The summed E-state index contributed by atoms with van der Waals surface area (Å²) < 4.78 is 10.7. The van der Waals surface area contributed by atoms with Gasteiger partial charge in [-0.3, -0.25) is 14.9 Å². The topological polar surface area (TPSA) is 176 Å². The van der Waals surface area contributed by atoms with Crippen LogP contribution in [0.15, 0.2) is 29.1 Å². The number of hydrogen-bond acceptors (Lipinski definition) is 10. The number of benzene rings is 1. The average molecular weight is 386 g/mol. The van der Waals surface area contributed by atoms with Gasteiger partial charge in [0.25, 0.3) is 11.2 Å². The van der Waals surface area contributed by atoms with E-state index in [0.717, 1.165) is 18.2 Å². The number of nitrogen functional groups attached to an aromatic ring is 1. The molecule has 12 heteroatoms. The molecule has 0 spiro atoms. The van der Waals surface area contributed by atoms with Crippen molar-refractivity contribution in [3.8, 4) is 17.7 Å². The van der Waals surface area contributed by atoms with Crippen molar-refractivity contribution in [1.29, 1.82) is 0 Å². The number of aromatic carboxylic acids is 1. The molecule has 0 aliphatic rings. The number of carboxylic acid groups (broad SMARTS) is 1. The summed E-state index contributed by atoms with van der Waals surface area (Å²) in [5.41, 5.74) is 4.11. The lowest BCUT2D eigenvalue weighted by Crippen LogP contribution is -2.31. The van der Waals surface area contributed by atoms with E-state index in [0.29, 0.717) is 4.57 Å². The fraction of sp³-hybridized carbons (Fsp3) is 0.125. The third-order valence-electron chi connectivity index (χ3n) is 3.90. The van der Waals surface area contributed by atoms with Gasteiger partial charge in [0.2, 0.25) is 17.7 Å². The first-order chi connectivity index (χ1) is 13.3. The Balaban J connectivity index is 2.48. The molecule has 0 radical (unpaired) electrons. The van der Waals surface area contributed by atoms with E-state index in [9.17, 15) is 24.8 Å². The molecule has 2 heterocycles. The number of hydrogen-bond donors (Lipinski definition) is 1. The first-order valence-corrected chi connectivity index (χ1v) is 7.60. The van der Waals surface area contributed by atoms with Crippen LogP contribution in [0.25, 0.3) is 16.7 Å². The first kappa shape index (κ1) is 18.6. The fourth-order valence-electron chi connectivity index (χ4n) is 2.63. The minimum Gasteiger partial charge on any atom is -0.545 e. The van der Waals surface area contributed by atoms with E-state index in [1.54, 1.807) is 0 Å². The Morgan fingerprint density at radius 2 is 1.75 bits per heavy atom. The van der Waals surface area contributed by atoms with Crippen molar-refractivity contribution in [1.82, 2.24) is 14.5 Å². The minimum atomic E-state index is -1.68. The number of carbonyl (C=O) groups excluding carboxylic acids is 1. The molecule has 0 saturated carbocycles. The SMILES string of the molecule is COc1cc(OC)nc(-n2c(N)c(C(=O)[O-])c3ccc([N+](=O)[O-])cc3c2=O)n1. The van der Waals surface area contributed by atoms with Gasteiger partial charge < -0.3 is 25.1 Å². The largest absolute Gasteiger partial charge is 0.545 e. The number of rotatable bonds is 5. The van der Waals surface area contributed by atoms with Gasteiger partial charge in [0.1, 0.15) is 5.82 Å². The lowest BCUT2D eigenvalue weighted by atomic mass is 10.1. The molecule has 0 amide bonds. The van der Waals surface area contributed by atoms with Crippen LogP contribution in [0.2, 0.25) is 0 Å². The van der Waals surface area contributed by atoms with Gasteiger partial charge in [-0.25, -0.2) is 4.57 Å². The maximum absolute atomic E-state index is 13.0. The van der Waals surface area contributed by atoms with Crippen LogP contribution in [-0.4, -0.2) is 39.6 Å². The van der Waals surface area contributed by atoms with E-state index in [1.807, 2.05) is 0 Å². The summed E-state index contributed by atoms with van der Waals surface area (Å²) in [6.07, 6.45) is 0. The summed E-state index contributed by atoms with van der Waals surface area (Å²) >= 11 is 0. The molecule has 0 atom stereocenters. The first-order valence-electron chi connectivity index (χ1n) is 7.60. The Morgan fingerprint density at radius 1 is 1.14 bits per heavy atom. The third-order valence-corrected chi connectivity index (χ3v) is 3.90. The molecule has 2 N–H and O–H groups in total. The van der Waals surface area contributed by atoms with E-state index >= 15 is 0 Å². The highest BCUT2D eigenvalue weighted by Crippen LogP contribution is 2.27. The highest BCUT2D eigenvalue weighted by atomic mass is 16.6. The number of nitro benzene ring substituents is 1. The molecule has 28 heavy (non-hydrogen) atoms. The van der Waals surface area contributed by atoms with Crippen molar-refractivity contribution in [3.05, 3.63) is 50.3 Å². The standard InChI is InChI=1S/C16H13N5O7/c1-27-10-6-11(28-2)19-16(18-10)20-13(17)12(15(23)24)8-4-3-7(21(25)26)5-9(8)14(20)22/h3-6H,17H2,1-2H3,(H,23,24)/p-1. The smallest absolute Gasteiger partial charge is 0.270 e. The Bertz CT molecular complexity index is 1170. The number of anilines is 1. The molecular weight excluding hydrogens is 374 g/mol. The van der Waals surface area contributed by atoms with Crippen LogP contribution in [0.3, 0.4) is 0 Å². The summed E-state index contributed by atoms with van der Waals surface area (Å²) in [4.78, 5) is 42.9. The van der Waals surface area contributed by atoms with Gasteiger partial charge in [-0.05, 0) is 6.07 Å². The van der Waals surface area contributed by atoms with Gasteiger partial charge in [-0.1, -0.05) is 0 Å². The monoisotopic (exact) mass is 386 g/mol. The van der Waals surface area contributed by atoms with Crippen molar-refractivity contribution in [2.75, 3.05) is 20.0 Å². The number of carbonyl (C=O) groups is 1. The maximum Gasteiger partial charge on any atom is 0.270 e. The van der Waals surface area contributed by atoms with Crippen LogP contribution in [-0.2, 0) is 0 Å². The lowest BCUT2D eigenvalue weighted by Gasteiger charge is -2.16. The van der Waals surface area contributed by atoms with E-state index < -0.39 is 33.5 Å². The number of methoxy groups -OCH3 is 2. The average Bonchev–Trinajstić information content (AvgIpc) is 2.67. The van der Waals surface area contributed by atoms with Crippen LogP contribution in [0, 0.1) is 10.1 Å². The van der Waals surface area contributed by atoms with Gasteiger partial charge in [0.15, 0.2) is 0 Å². The fourth-order valence-corrected chi connectivity index (χ4v) is 2.63. The van der Waals surface area contributed by atoms with E-state index in [2.05, 4.69) is 9.97 Å². The number of nitro groups is 1. The summed E-state index contributed by atoms with van der Waals surface area (Å²) in [6.45, 7) is 0. The molecule has 0 fully saturated rings. The molecule has 0 unspecified atom stereocenters. The van der Waals surface area contributed by atoms with Crippen LogP contribution in [0.1, 0.15) is 10.4 Å². The number of pyridine rings is 1. The molecule has 0 bridgehead atoms. The van der Waals surface area contributed by atoms with Crippen molar-refractivity contribution < 1.29 is 24.3 Å². The van der Waals surface area contributed by atoms with Gasteiger partial charge >= 0.3 is 0 Å². The predicted molar refractivity (Wildman–Crippen MR) is 93.6 cm³/mol. The normalized spacial score (nSPS) is 10.6. The highest BCUT2D eigenvalue weighted by Gasteiger charge is 2.21. The number of fused-ring (bicyclic) bond motifs is 1. The highest BCUT2D eigenvalue weighted by molar-refractivity contribution is 6.07. The van der Waals surface area contributed by atoms with E-state index in [-0.39, 0.29) is 28.5 Å². The number of non-ortho nitro benzene ring substituents is 1. The van der Waals surface area contributed by atoms with Gasteiger partial charge in [0, 0.05) is 23.1 Å². The lowest BCUT2D eigenvalue weighted by molar-refractivity contribution is -0.384. The zero-order chi connectivity index (χ0) is 20.6. The quantitative estimate of drug-likeness (QED) is 0.450. The summed E-state index contributed by atoms with van der Waals surface area (Å²) in [6, 6.07) is 4.45. The second kappa shape index (κ2) is 6.83. The molecule has 3 aromatic rings. The molecule has 3 rings (SSSR count). The molecule has 12 nitrogen and oxygen atoms in total. The number of aromatic nitrogens is 3. The van der Waals surface area contributed by atoms with Crippen molar-refractivity contribution in [2.45, 2.75) is 0 Å². The molecule has 1 aromatic carbocycles. The van der Waals surface area contributed by atoms with Crippen LogP contribution >= 0.6 is 0 Å². The van der Waals surface area contributed by atoms with Gasteiger partial charge in [-0.15, -0.1) is 0 Å². The second-order valence-electron chi connectivity index (χ2n) is 5.43. The van der Waals surface area contributed by atoms with Gasteiger partial charge in [-0.2, -0.15) is 9.97 Å². The molecule has 0 aliphatic heterocycles. The minimum absolute atomic E-state index is 0.0160. The molecule has 144 valence electrons. The Labute approximate surface area is 155 Å². The molecular formula is C16H12N5O7-.